The number of para-hydroxylation sites is 1. The van der Waals surface area contributed by atoms with Crippen LogP contribution in [0.5, 0.6) is 0 Å². The lowest BCUT2D eigenvalue weighted by molar-refractivity contribution is 0.395. The van der Waals surface area contributed by atoms with Gasteiger partial charge in [-0.3, -0.25) is 4.99 Å². The quantitative estimate of drug-likeness (QED) is 0.601. The summed E-state index contributed by atoms with van der Waals surface area (Å²) in [6, 6.07) is 12.3. The third kappa shape index (κ3) is 3.08. The van der Waals surface area contributed by atoms with Crippen molar-refractivity contribution < 1.29 is 0 Å². The Morgan fingerprint density at radius 2 is 1.96 bits per heavy atom. The molecule has 0 amide bonds. The Morgan fingerprint density at radius 1 is 1.25 bits per heavy atom. The van der Waals surface area contributed by atoms with Gasteiger partial charge in [0, 0.05) is 24.5 Å². The highest BCUT2D eigenvalue weighted by molar-refractivity contribution is 6.33. The fourth-order valence-electron chi connectivity index (χ4n) is 3.57. The number of aryl methyl sites for hydroxylation is 1. The summed E-state index contributed by atoms with van der Waals surface area (Å²) in [6.45, 7) is 9.09. The first-order chi connectivity index (χ1) is 11.3. The van der Waals surface area contributed by atoms with E-state index in [0.717, 1.165) is 17.7 Å². The Morgan fingerprint density at radius 3 is 2.67 bits per heavy atom. The number of aliphatic imine (C=N–C) groups is 1. The first-order valence-electron chi connectivity index (χ1n) is 8.46. The van der Waals surface area contributed by atoms with Crippen LogP contribution in [0, 0.1) is 6.92 Å². The predicted octanol–water partition coefficient (Wildman–Crippen LogP) is 6.12. The second-order valence-electron chi connectivity index (χ2n) is 7.45. The second-order valence-corrected chi connectivity index (χ2v) is 7.86. The van der Waals surface area contributed by atoms with Gasteiger partial charge >= 0.3 is 0 Å². The van der Waals surface area contributed by atoms with Crippen LogP contribution in [0.15, 0.2) is 41.4 Å². The molecule has 0 bridgehead atoms. The van der Waals surface area contributed by atoms with Crippen LogP contribution in [0.25, 0.3) is 0 Å². The monoisotopic (exact) mass is 340 g/mol. The third-order valence-electron chi connectivity index (χ3n) is 5.22. The molecule has 0 N–H and O–H groups in total. The van der Waals surface area contributed by atoms with Gasteiger partial charge < -0.3 is 4.90 Å². The zero-order valence-corrected chi connectivity index (χ0v) is 15.9. The number of halogens is 1. The van der Waals surface area contributed by atoms with Crippen LogP contribution in [-0.2, 0) is 0 Å². The molecule has 0 spiro atoms. The summed E-state index contributed by atoms with van der Waals surface area (Å²) >= 11 is 6.20. The number of nitrogens with zero attached hydrogens (tertiary/aromatic N) is 2. The lowest BCUT2D eigenvalue weighted by Gasteiger charge is -2.45. The van der Waals surface area contributed by atoms with Crippen molar-refractivity contribution in [2.24, 2.45) is 4.99 Å². The van der Waals surface area contributed by atoms with E-state index in [0.29, 0.717) is 10.9 Å². The van der Waals surface area contributed by atoms with E-state index in [4.69, 9.17) is 11.6 Å². The van der Waals surface area contributed by atoms with Gasteiger partial charge in [-0.15, -0.1) is 0 Å². The molecule has 0 saturated heterocycles. The van der Waals surface area contributed by atoms with Crippen molar-refractivity contribution in [3.8, 4) is 0 Å². The van der Waals surface area contributed by atoms with Gasteiger partial charge in [-0.1, -0.05) is 30.7 Å². The first kappa shape index (κ1) is 17.0. The molecule has 3 heteroatoms. The highest BCUT2D eigenvalue weighted by Gasteiger charge is 2.34. The van der Waals surface area contributed by atoms with Gasteiger partial charge in [0.25, 0.3) is 0 Å². The van der Waals surface area contributed by atoms with E-state index in [1.165, 1.54) is 16.8 Å². The maximum absolute atomic E-state index is 6.20. The topological polar surface area (TPSA) is 15.6 Å². The molecule has 1 aliphatic rings. The maximum atomic E-state index is 6.20. The molecule has 2 aromatic rings. The first-order valence-corrected chi connectivity index (χ1v) is 8.84. The Kier molecular flexibility index (Phi) is 4.44. The average molecular weight is 341 g/mol. The van der Waals surface area contributed by atoms with Gasteiger partial charge in [0.1, 0.15) is 0 Å². The molecule has 2 aromatic carbocycles. The molecule has 0 radical (unpaired) electrons. The number of hydrogen-bond donors (Lipinski definition) is 0. The minimum absolute atomic E-state index is 0.187. The van der Waals surface area contributed by atoms with E-state index in [1.807, 2.05) is 30.5 Å². The summed E-state index contributed by atoms with van der Waals surface area (Å²) in [5.74, 6) is 0.541. The molecule has 0 fully saturated rings. The maximum Gasteiger partial charge on any atom is 0.0816 e. The SMILES string of the molecule is Cc1cc2c(cc1C=Nc1ccccc1Cl)C(C)CC(C)(C)N2C. The van der Waals surface area contributed by atoms with Crippen molar-refractivity contribution in [2.45, 2.75) is 45.6 Å². The Bertz CT molecular complexity index is 792. The highest BCUT2D eigenvalue weighted by atomic mass is 35.5. The smallest absolute Gasteiger partial charge is 0.0816 e. The largest absolute Gasteiger partial charge is 0.369 e. The standard InChI is InChI=1S/C21H25ClN2/c1-14-10-20-17(15(2)12-21(3,4)24(20)5)11-16(14)13-23-19-9-7-6-8-18(19)22/h6-11,13,15H,12H2,1-5H3. The van der Waals surface area contributed by atoms with Crippen LogP contribution in [0.4, 0.5) is 11.4 Å². The normalized spacial score (nSPS) is 19.6. The Labute approximate surface area is 150 Å². The molecule has 1 heterocycles. The van der Waals surface area contributed by atoms with Crippen LogP contribution in [0.1, 0.15) is 49.8 Å². The molecule has 24 heavy (non-hydrogen) atoms. The third-order valence-corrected chi connectivity index (χ3v) is 5.54. The van der Waals surface area contributed by atoms with Crippen molar-refractivity contribution in [2.75, 3.05) is 11.9 Å². The molecular weight excluding hydrogens is 316 g/mol. The number of benzene rings is 2. The summed E-state index contributed by atoms with van der Waals surface area (Å²) in [5, 5.41) is 0.680. The van der Waals surface area contributed by atoms with E-state index >= 15 is 0 Å². The average Bonchev–Trinajstić information content (AvgIpc) is 2.52. The minimum atomic E-state index is 0.187. The van der Waals surface area contributed by atoms with Gasteiger partial charge in [-0.25, -0.2) is 0 Å². The summed E-state index contributed by atoms with van der Waals surface area (Å²) in [6.07, 6.45) is 3.09. The van der Waals surface area contributed by atoms with Gasteiger partial charge in [0.15, 0.2) is 0 Å². The van der Waals surface area contributed by atoms with Crippen LogP contribution < -0.4 is 4.90 Å². The van der Waals surface area contributed by atoms with E-state index in [-0.39, 0.29) is 5.54 Å². The fraction of sp³-hybridized carbons (Fsp3) is 0.381. The number of hydrogen-bond acceptors (Lipinski definition) is 2. The molecule has 1 unspecified atom stereocenters. The van der Waals surface area contributed by atoms with Crippen molar-refractivity contribution in [3.05, 3.63) is 58.1 Å². The Hall–Kier alpha value is -1.80. The number of fused-ring (bicyclic) bond motifs is 1. The van der Waals surface area contributed by atoms with Gasteiger partial charge in [0.05, 0.1) is 10.7 Å². The van der Waals surface area contributed by atoms with Crippen molar-refractivity contribution in [1.29, 1.82) is 0 Å². The van der Waals surface area contributed by atoms with Crippen LogP contribution in [-0.4, -0.2) is 18.8 Å². The molecule has 3 rings (SSSR count). The molecule has 0 aliphatic carbocycles. The van der Waals surface area contributed by atoms with E-state index in [9.17, 15) is 0 Å². The van der Waals surface area contributed by atoms with Crippen LogP contribution >= 0.6 is 11.6 Å². The zero-order chi connectivity index (χ0) is 17.5. The van der Waals surface area contributed by atoms with Gasteiger partial charge in [0.2, 0.25) is 0 Å². The molecule has 1 aliphatic heterocycles. The van der Waals surface area contributed by atoms with Gasteiger partial charge in [-0.2, -0.15) is 0 Å². The summed E-state index contributed by atoms with van der Waals surface area (Å²) in [7, 11) is 2.20. The van der Waals surface area contributed by atoms with E-state index < -0.39 is 0 Å². The van der Waals surface area contributed by atoms with Gasteiger partial charge in [-0.05, 0) is 74.1 Å². The molecule has 1 atom stereocenters. The van der Waals surface area contributed by atoms with Crippen molar-refractivity contribution in [3.63, 3.8) is 0 Å². The summed E-state index contributed by atoms with van der Waals surface area (Å²) in [5.41, 5.74) is 6.14. The predicted molar refractivity (Wildman–Crippen MR) is 105 cm³/mol. The van der Waals surface area contributed by atoms with Crippen molar-refractivity contribution in [1.82, 2.24) is 0 Å². The van der Waals surface area contributed by atoms with E-state index in [1.54, 1.807) is 0 Å². The minimum Gasteiger partial charge on any atom is -0.369 e. The molecule has 0 saturated carbocycles. The summed E-state index contributed by atoms with van der Waals surface area (Å²) < 4.78 is 0. The fourth-order valence-corrected chi connectivity index (χ4v) is 3.75. The highest BCUT2D eigenvalue weighted by Crippen LogP contribution is 2.43. The molecular formula is C21H25ClN2. The number of rotatable bonds is 2. The number of anilines is 1. The molecule has 0 aromatic heterocycles. The lowest BCUT2D eigenvalue weighted by Crippen LogP contribution is -2.45. The van der Waals surface area contributed by atoms with E-state index in [2.05, 4.69) is 56.8 Å². The molecule has 126 valence electrons. The van der Waals surface area contributed by atoms with Crippen LogP contribution in [0.2, 0.25) is 5.02 Å². The lowest BCUT2D eigenvalue weighted by atomic mass is 9.79. The Balaban J connectivity index is 2.01. The van der Waals surface area contributed by atoms with Crippen molar-refractivity contribution >= 4 is 29.2 Å². The zero-order valence-electron chi connectivity index (χ0n) is 15.1. The molecule has 2 nitrogen and oxygen atoms in total. The summed E-state index contributed by atoms with van der Waals surface area (Å²) in [4.78, 5) is 6.99. The second kappa shape index (κ2) is 6.25. The van der Waals surface area contributed by atoms with Crippen LogP contribution in [0.3, 0.4) is 0 Å².